The molecule has 0 aromatic rings. The van der Waals surface area contributed by atoms with Crippen LogP contribution in [0.5, 0.6) is 0 Å². The van der Waals surface area contributed by atoms with Crippen molar-refractivity contribution < 1.29 is 4.84 Å². The van der Waals surface area contributed by atoms with E-state index in [4.69, 9.17) is 4.84 Å². The van der Waals surface area contributed by atoms with E-state index in [9.17, 15) is 0 Å². The SMILES string of the molecule is CC1=[C]N(C)OC1. The van der Waals surface area contributed by atoms with Crippen LogP contribution in [0, 0.1) is 6.20 Å². The maximum atomic E-state index is 4.95. The van der Waals surface area contributed by atoms with Crippen molar-refractivity contribution in [2.24, 2.45) is 0 Å². The predicted molar refractivity (Wildman–Crippen MR) is 26.1 cm³/mol. The average Bonchev–Trinajstić information content (AvgIpc) is 1.87. The summed E-state index contributed by atoms with van der Waals surface area (Å²) in [7, 11) is 1.83. The molecule has 1 heterocycles. The van der Waals surface area contributed by atoms with Gasteiger partial charge in [-0.15, -0.1) is 0 Å². The first-order chi connectivity index (χ1) is 3.29. The van der Waals surface area contributed by atoms with Crippen molar-refractivity contribution in [1.82, 2.24) is 5.06 Å². The molecule has 0 aliphatic carbocycles. The number of hydrogen-bond acceptors (Lipinski definition) is 2. The Kier molecular flexibility index (Phi) is 1.02. The zero-order valence-corrected chi connectivity index (χ0v) is 4.56. The quantitative estimate of drug-likeness (QED) is 0.439. The fraction of sp³-hybridized carbons (Fsp3) is 0.600. The highest BCUT2D eigenvalue weighted by Gasteiger charge is 2.03. The Morgan fingerprint density at radius 3 is 2.71 bits per heavy atom. The van der Waals surface area contributed by atoms with Gasteiger partial charge in [-0.3, -0.25) is 9.90 Å². The highest BCUT2D eigenvalue weighted by atomic mass is 16.7. The molecule has 0 bridgehead atoms. The van der Waals surface area contributed by atoms with Crippen LogP contribution in [0.4, 0.5) is 0 Å². The van der Waals surface area contributed by atoms with Crippen LogP contribution < -0.4 is 0 Å². The summed E-state index contributed by atoms with van der Waals surface area (Å²) < 4.78 is 0. The van der Waals surface area contributed by atoms with Crippen LogP contribution in [-0.2, 0) is 4.84 Å². The van der Waals surface area contributed by atoms with Gasteiger partial charge in [0.05, 0.1) is 12.8 Å². The lowest BCUT2D eigenvalue weighted by atomic mass is 10.4. The number of hydrogen-bond donors (Lipinski definition) is 0. The summed E-state index contributed by atoms with van der Waals surface area (Å²) in [6, 6.07) is 0. The lowest BCUT2D eigenvalue weighted by Gasteiger charge is -2.01. The molecular formula is C5H8NO. The molecule has 0 atom stereocenters. The Bertz CT molecular complexity index is 98.3. The summed E-state index contributed by atoms with van der Waals surface area (Å²) in [5.74, 6) is 0. The largest absolute Gasteiger partial charge is 0.269 e. The predicted octanol–water partition coefficient (Wildman–Crippen LogP) is 0.570. The van der Waals surface area contributed by atoms with Gasteiger partial charge in [0.2, 0.25) is 0 Å². The van der Waals surface area contributed by atoms with Gasteiger partial charge in [0, 0.05) is 7.05 Å². The van der Waals surface area contributed by atoms with Gasteiger partial charge in [0.1, 0.15) is 0 Å². The normalized spacial score (nSPS) is 20.3. The minimum atomic E-state index is 0.705. The fourth-order valence-corrected chi connectivity index (χ4v) is 0.527. The van der Waals surface area contributed by atoms with Gasteiger partial charge in [-0.2, -0.15) is 0 Å². The van der Waals surface area contributed by atoms with Crippen LogP contribution in [0.15, 0.2) is 5.57 Å². The highest BCUT2D eigenvalue weighted by molar-refractivity contribution is 4.93. The molecule has 0 fully saturated rings. The molecule has 0 saturated heterocycles. The summed E-state index contributed by atoms with van der Waals surface area (Å²) in [4.78, 5) is 4.95. The lowest BCUT2D eigenvalue weighted by molar-refractivity contribution is -0.0746. The van der Waals surface area contributed by atoms with Crippen molar-refractivity contribution in [2.45, 2.75) is 6.92 Å². The van der Waals surface area contributed by atoms with Gasteiger partial charge < -0.3 is 0 Å². The molecule has 0 aromatic heterocycles. The van der Waals surface area contributed by atoms with Crippen molar-refractivity contribution >= 4 is 0 Å². The van der Waals surface area contributed by atoms with E-state index in [1.807, 2.05) is 14.0 Å². The summed E-state index contributed by atoms with van der Waals surface area (Å²) >= 11 is 0. The Morgan fingerprint density at radius 1 is 1.86 bits per heavy atom. The number of rotatable bonds is 0. The zero-order valence-electron chi connectivity index (χ0n) is 4.56. The van der Waals surface area contributed by atoms with E-state index in [2.05, 4.69) is 6.20 Å². The molecule has 1 radical (unpaired) electrons. The topological polar surface area (TPSA) is 12.5 Å². The van der Waals surface area contributed by atoms with Crippen LogP contribution in [0.25, 0.3) is 0 Å². The molecule has 1 aliphatic rings. The molecule has 2 heteroatoms. The first-order valence-corrected chi connectivity index (χ1v) is 2.25. The van der Waals surface area contributed by atoms with Crippen LogP contribution in [-0.4, -0.2) is 18.7 Å². The van der Waals surface area contributed by atoms with Crippen molar-refractivity contribution in [1.29, 1.82) is 0 Å². The highest BCUT2D eigenvalue weighted by Crippen LogP contribution is 2.03. The van der Waals surface area contributed by atoms with Crippen molar-refractivity contribution in [2.75, 3.05) is 13.7 Å². The molecule has 0 unspecified atom stereocenters. The van der Waals surface area contributed by atoms with E-state index in [1.54, 1.807) is 5.06 Å². The van der Waals surface area contributed by atoms with Crippen LogP contribution >= 0.6 is 0 Å². The molecule has 0 spiro atoms. The number of hydroxylamine groups is 2. The second kappa shape index (κ2) is 1.54. The van der Waals surface area contributed by atoms with Crippen molar-refractivity contribution in [3.8, 4) is 0 Å². The Labute approximate surface area is 43.3 Å². The summed E-state index contributed by atoms with van der Waals surface area (Å²) in [6.07, 6.45) is 2.94. The standard InChI is InChI=1S/C5H8NO/c1-5-3-6(2)7-4-5/h4H2,1-2H3. The van der Waals surface area contributed by atoms with Gasteiger partial charge in [-0.05, 0) is 12.5 Å². The second-order valence-corrected chi connectivity index (χ2v) is 1.66. The van der Waals surface area contributed by atoms with Gasteiger partial charge in [-0.25, -0.2) is 0 Å². The average molecular weight is 98.1 g/mol. The van der Waals surface area contributed by atoms with E-state index in [1.165, 1.54) is 0 Å². The van der Waals surface area contributed by atoms with E-state index in [-0.39, 0.29) is 0 Å². The minimum absolute atomic E-state index is 0.705. The molecule has 1 rings (SSSR count). The van der Waals surface area contributed by atoms with Gasteiger partial charge in [0.15, 0.2) is 0 Å². The third-order valence-electron chi connectivity index (χ3n) is 0.823. The zero-order chi connectivity index (χ0) is 5.28. The molecule has 0 N–H and O–H groups in total. The van der Waals surface area contributed by atoms with E-state index >= 15 is 0 Å². The Hall–Kier alpha value is -0.500. The minimum Gasteiger partial charge on any atom is -0.269 e. The first kappa shape index (κ1) is 4.65. The monoisotopic (exact) mass is 98.1 g/mol. The van der Waals surface area contributed by atoms with Crippen molar-refractivity contribution in [3.05, 3.63) is 11.8 Å². The Morgan fingerprint density at radius 2 is 2.57 bits per heavy atom. The molecule has 0 saturated carbocycles. The van der Waals surface area contributed by atoms with Gasteiger partial charge in [0.25, 0.3) is 0 Å². The van der Waals surface area contributed by atoms with Gasteiger partial charge >= 0.3 is 0 Å². The molecule has 7 heavy (non-hydrogen) atoms. The molecule has 0 amide bonds. The van der Waals surface area contributed by atoms with E-state index in [0.717, 1.165) is 5.57 Å². The maximum absolute atomic E-state index is 4.95. The molecule has 0 aromatic carbocycles. The van der Waals surface area contributed by atoms with E-state index < -0.39 is 0 Å². The van der Waals surface area contributed by atoms with Crippen LogP contribution in [0.2, 0.25) is 0 Å². The fourth-order valence-electron chi connectivity index (χ4n) is 0.527. The van der Waals surface area contributed by atoms with E-state index in [0.29, 0.717) is 6.61 Å². The molecular weight excluding hydrogens is 90.1 g/mol. The summed E-state index contributed by atoms with van der Waals surface area (Å²) in [5.41, 5.74) is 1.16. The molecule has 39 valence electrons. The third kappa shape index (κ3) is 0.933. The smallest absolute Gasteiger partial charge is 0.0981 e. The van der Waals surface area contributed by atoms with Crippen LogP contribution in [0.3, 0.4) is 0 Å². The third-order valence-corrected chi connectivity index (χ3v) is 0.823. The van der Waals surface area contributed by atoms with Gasteiger partial charge in [-0.1, -0.05) is 0 Å². The van der Waals surface area contributed by atoms with Crippen LogP contribution in [0.1, 0.15) is 6.92 Å². The maximum Gasteiger partial charge on any atom is 0.0981 e. The molecule has 1 aliphatic heterocycles. The summed E-state index contributed by atoms with van der Waals surface area (Å²) in [6.45, 7) is 2.69. The Balaban J connectivity index is 2.50. The molecule has 2 nitrogen and oxygen atoms in total. The van der Waals surface area contributed by atoms with Crippen molar-refractivity contribution in [3.63, 3.8) is 0 Å². The first-order valence-electron chi connectivity index (χ1n) is 2.25. The number of nitrogens with zero attached hydrogens (tertiary/aromatic N) is 1. The lowest BCUT2D eigenvalue weighted by Crippen LogP contribution is -2.04. The summed E-state index contributed by atoms with van der Waals surface area (Å²) in [5, 5.41) is 1.59. The second-order valence-electron chi connectivity index (χ2n) is 1.66.